The summed E-state index contributed by atoms with van der Waals surface area (Å²) in [5.41, 5.74) is 0. The van der Waals surface area contributed by atoms with E-state index in [4.69, 9.17) is 0 Å². The van der Waals surface area contributed by atoms with E-state index in [0.29, 0.717) is 0 Å². The molecule has 0 saturated carbocycles. The predicted molar refractivity (Wildman–Crippen MR) is 61.1 cm³/mol. The molecule has 19 heavy (non-hydrogen) atoms. The van der Waals surface area contributed by atoms with Gasteiger partial charge < -0.3 is 10.6 Å². The van der Waals surface area contributed by atoms with Crippen molar-refractivity contribution in [1.82, 2.24) is 10.6 Å². The second-order valence-corrected chi connectivity index (χ2v) is 5.05. The first-order valence-corrected chi connectivity index (χ1v) is 5.93. The fourth-order valence-electron chi connectivity index (χ4n) is 1.15. The van der Waals surface area contributed by atoms with Crippen molar-refractivity contribution in [2.75, 3.05) is 13.1 Å². The molecule has 0 rings (SSSR count). The van der Waals surface area contributed by atoms with Crippen molar-refractivity contribution in [3.05, 3.63) is 0 Å². The van der Waals surface area contributed by atoms with Crippen LogP contribution in [0.2, 0.25) is 0 Å². The molecule has 0 aliphatic heterocycles. The highest BCUT2D eigenvalue weighted by Crippen LogP contribution is 2.45. The van der Waals surface area contributed by atoms with Crippen LogP contribution in [-0.2, 0) is 0 Å². The molecule has 0 radical (unpaired) electrons. The molecule has 116 valence electrons. The molecular weight excluding hydrogens is 274 g/mol. The number of nitrogens with one attached hydrogen (secondary N) is 2. The molecule has 0 aliphatic carbocycles. The number of rotatable bonds is 8. The fraction of sp³-hybridized carbons (Fsp3) is 1.00. The fourth-order valence-corrected chi connectivity index (χ4v) is 1.15. The SMILES string of the molecule is CC(C)NCC(F)(F)C(F)(F)C(F)(F)CNC(C)C. The topological polar surface area (TPSA) is 24.1 Å². The third-order valence-corrected chi connectivity index (χ3v) is 2.38. The Morgan fingerprint density at radius 2 is 0.947 bits per heavy atom. The lowest BCUT2D eigenvalue weighted by Crippen LogP contribution is -2.61. The molecule has 0 bridgehead atoms. The molecule has 8 heteroatoms. The molecule has 0 aromatic heterocycles. The van der Waals surface area contributed by atoms with Gasteiger partial charge in [0.15, 0.2) is 0 Å². The minimum atomic E-state index is -5.43. The Bertz CT molecular complexity index is 252. The van der Waals surface area contributed by atoms with Gasteiger partial charge in [0.1, 0.15) is 0 Å². The maximum Gasteiger partial charge on any atom is 0.374 e. The highest BCUT2D eigenvalue weighted by atomic mass is 19.3. The first-order valence-electron chi connectivity index (χ1n) is 5.93. The lowest BCUT2D eigenvalue weighted by atomic mass is 10.0. The Kier molecular flexibility index (Phi) is 6.13. The molecule has 0 atom stereocenters. The van der Waals surface area contributed by atoms with Crippen LogP contribution in [0.5, 0.6) is 0 Å². The van der Waals surface area contributed by atoms with Crippen LogP contribution in [0.3, 0.4) is 0 Å². The van der Waals surface area contributed by atoms with E-state index in [2.05, 4.69) is 0 Å². The third kappa shape index (κ3) is 4.83. The smallest absolute Gasteiger partial charge is 0.309 e. The zero-order valence-electron chi connectivity index (χ0n) is 11.3. The van der Waals surface area contributed by atoms with Crippen LogP contribution in [0.15, 0.2) is 0 Å². The van der Waals surface area contributed by atoms with Crippen LogP contribution >= 0.6 is 0 Å². The van der Waals surface area contributed by atoms with Crippen LogP contribution in [0.1, 0.15) is 27.7 Å². The van der Waals surface area contributed by atoms with E-state index in [1.165, 1.54) is 27.7 Å². The molecule has 0 heterocycles. The maximum absolute atomic E-state index is 13.3. The molecule has 0 aromatic carbocycles. The van der Waals surface area contributed by atoms with E-state index in [1.807, 2.05) is 10.6 Å². The predicted octanol–water partition coefficient (Wildman–Crippen LogP) is 2.89. The summed E-state index contributed by atoms with van der Waals surface area (Å²) in [5.74, 6) is -15.1. The summed E-state index contributed by atoms with van der Waals surface area (Å²) in [4.78, 5) is 0. The molecule has 0 amide bonds. The van der Waals surface area contributed by atoms with Gasteiger partial charge in [-0.05, 0) is 0 Å². The first kappa shape index (κ1) is 18.5. The summed E-state index contributed by atoms with van der Waals surface area (Å²) in [7, 11) is 0. The van der Waals surface area contributed by atoms with Gasteiger partial charge in [0, 0.05) is 12.1 Å². The number of hydrogen-bond acceptors (Lipinski definition) is 2. The minimum Gasteiger partial charge on any atom is -0.309 e. The largest absolute Gasteiger partial charge is 0.374 e. The van der Waals surface area contributed by atoms with Gasteiger partial charge in [-0.1, -0.05) is 27.7 Å². The Labute approximate surface area is 108 Å². The van der Waals surface area contributed by atoms with Crippen LogP contribution in [0.4, 0.5) is 26.3 Å². The molecule has 0 aliphatic rings. The van der Waals surface area contributed by atoms with Gasteiger partial charge in [0.25, 0.3) is 0 Å². The van der Waals surface area contributed by atoms with Gasteiger partial charge in [-0.3, -0.25) is 0 Å². The summed E-state index contributed by atoms with van der Waals surface area (Å²) in [6, 6.07) is -1.02. The van der Waals surface area contributed by atoms with Crippen molar-refractivity contribution >= 4 is 0 Å². The summed E-state index contributed by atoms with van der Waals surface area (Å²) in [5, 5.41) is 4.09. The van der Waals surface area contributed by atoms with Crippen molar-refractivity contribution in [2.24, 2.45) is 0 Å². The summed E-state index contributed by atoms with van der Waals surface area (Å²) in [6.45, 7) is 2.79. The lowest BCUT2D eigenvalue weighted by molar-refractivity contribution is -0.304. The second kappa shape index (κ2) is 6.30. The van der Waals surface area contributed by atoms with Gasteiger partial charge in [0.2, 0.25) is 0 Å². The maximum atomic E-state index is 13.3. The van der Waals surface area contributed by atoms with E-state index in [-0.39, 0.29) is 0 Å². The minimum absolute atomic E-state index is 0.510. The lowest BCUT2D eigenvalue weighted by Gasteiger charge is -2.33. The van der Waals surface area contributed by atoms with Gasteiger partial charge in [-0.15, -0.1) is 0 Å². The molecule has 0 saturated heterocycles. The second-order valence-electron chi connectivity index (χ2n) is 5.05. The monoisotopic (exact) mass is 294 g/mol. The number of alkyl halides is 6. The Morgan fingerprint density at radius 1 is 0.684 bits per heavy atom. The number of hydrogen-bond donors (Lipinski definition) is 2. The Hall–Kier alpha value is -0.500. The molecule has 0 unspecified atom stereocenters. The average Bonchev–Trinajstić information content (AvgIpc) is 2.23. The van der Waals surface area contributed by atoms with Crippen molar-refractivity contribution in [1.29, 1.82) is 0 Å². The summed E-state index contributed by atoms with van der Waals surface area (Å²) >= 11 is 0. The van der Waals surface area contributed by atoms with Gasteiger partial charge >= 0.3 is 17.8 Å². The highest BCUT2D eigenvalue weighted by Gasteiger charge is 2.70. The normalized spacial score (nSPS) is 14.5. The summed E-state index contributed by atoms with van der Waals surface area (Å²) < 4.78 is 79.6. The summed E-state index contributed by atoms with van der Waals surface area (Å²) in [6.07, 6.45) is 0. The van der Waals surface area contributed by atoms with E-state index in [9.17, 15) is 26.3 Å². The first-order chi connectivity index (χ1) is 8.33. The highest BCUT2D eigenvalue weighted by molar-refractivity contribution is 4.98. The van der Waals surface area contributed by atoms with Crippen molar-refractivity contribution in [3.8, 4) is 0 Å². The van der Waals surface area contributed by atoms with Gasteiger partial charge in [-0.25, -0.2) is 0 Å². The molecule has 0 aromatic rings. The Morgan fingerprint density at radius 3 is 1.16 bits per heavy atom. The number of halogens is 6. The molecule has 2 nitrogen and oxygen atoms in total. The molecular formula is C11H20F6N2. The van der Waals surface area contributed by atoms with Gasteiger partial charge in [-0.2, -0.15) is 26.3 Å². The quantitative estimate of drug-likeness (QED) is 0.673. The van der Waals surface area contributed by atoms with Gasteiger partial charge in [0.05, 0.1) is 13.1 Å². The van der Waals surface area contributed by atoms with E-state index < -0.39 is 42.9 Å². The van der Waals surface area contributed by atoms with Crippen molar-refractivity contribution in [2.45, 2.75) is 57.5 Å². The van der Waals surface area contributed by atoms with Crippen LogP contribution in [0.25, 0.3) is 0 Å². The zero-order chi connectivity index (χ0) is 15.5. The van der Waals surface area contributed by atoms with Crippen LogP contribution < -0.4 is 10.6 Å². The van der Waals surface area contributed by atoms with Crippen molar-refractivity contribution < 1.29 is 26.3 Å². The molecule has 2 N–H and O–H groups in total. The zero-order valence-corrected chi connectivity index (χ0v) is 11.3. The van der Waals surface area contributed by atoms with E-state index >= 15 is 0 Å². The van der Waals surface area contributed by atoms with Crippen LogP contribution in [-0.4, -0.2) is 42.9 Å². The molecule has 0 fully saturated rings. The standard InChI is InChI=1S/C11H20F6N2/c1-7(2)18-5-9(12,13)11(16,17)10(14,15)6-19-8(3)4/h7-8,18-19H,5-6H2,1-4H3. The van der Waals surface area contributed by atoms with Crippen molar-refractivity contribution in [3.63, 3.8) is 0 Å². The van der Waals surface area contributed by atoms with Crippen LogP contribution in [0, 0.1) is 0 Å². The average molecular weight is 294 g/mol. The molecule has 0 spiro atoms. The van der Waals surface area contributed by atoms with E-state index in [1.54, 1.807) is 0 Å². The van der Waals surface area contributed by atoms with E-state index in [0.717, 1.165) is 0 Å². The Balaban J connectivity index is 4.89. The third-order valence-electron chi connectivity index (χ3n) is 2.38.